The molecular weight excluding hydrogens is 401 g/mol. The molecule has 1 aromatic carbocycles. The van der Waals surface area contributed by atoms with Crippen LogP contribution in [0, 0.1) is 0 Å². The smallest absolute Gasteiger partial charge is 0.329 e. The number of nitrogens with one attached hydrogen (secondary N) is 3. The quantitative estimate of drug-likeness (QED) is 0.608. The van der Waals surface area contributed by atoms with E-state index in [1.54, 1.807) is 0 Å². The third-order valence-electron chi connectivity index (χ3n) is 4.09. The molecule has 0 bridgehead atoms. The molecule has 2 aromatic heterocycles. The van der Waals surface area contributed by atoms with Gasteiger partial charge in [0.1, 0.15) is 0 Å². The molecule has 148 valence electrons. The van der Waals surface area contributed by atoms with Crippen molar-refractivity contribution in [3.63, 3.8) is 0 Å². The van der Waals surface area contributed by atoms with E-state index >= 15 is 0 Å². The van der Waals surface area contributed by atoms with Gasteiger partial charge in [-0.15, -0.1) is 12.4 Å². The Balaban J connectivity index is 0.00000225. The lowest BCUT2D eigenvalue weighted by Crippen LogP contribution is -2.25. The first-order valence-electron chi connectivity index (χ1n) is 8.01. The molecule has 0 saturated carbocycles. The molecule has 0 radical (unpaired) electrons. The number of hydrogen-bond acceptors (Lipinski definition) is 6. The van der Waals surface area contributed by atoms with Crippen molar-refractivity contribution in [3.05, 3.63) is 47.1 Å². The Hall–Kier alpha value is -2.92. The minimum Gasteiger partial charge on any atom is -0.329 e. The lowest BCUT2D eigenvalue weighted by molar-refractivity contribution is -0.159. The molecule has 0 atom stereocenters. The van der Waals surface area contributed by atoms with Crippen molar-refractivity contribution < 1.29 is 22.5 Å². The third kappa shape index (κ3) is 3.85. The lowest BCUT2D eigenvalue weighted by atomic mass is 10.1. The topological polar surface area (TPSA) is 109 Å². The molecule has 0 unspecified atom stereocenters. The molecule has 0 spiro atoms. The van der Waals surface area contributed by atoms with Gasteiger partial charge in [-0.25, -0.2) is 0 Å². The number of nitrogens with zero attached hydrogens (tertiary/aromatic N) is 3. The molecule has 0 saturated heterocycles. The van der Waals surface area contributed by atoms with E-state index in [1.807, 2.05) is 0 Å². The molecule has 1 amide bonds. The SMILES string of the molecule is Cl.O=C(Nc1ccc(-c2noc(C(F)(F)F)n2)cc1)c1n[nH]c2c1CNCC2. The monoisotopic (exact) mass is 414 g/mol. The molecule has 4 rings (SSSR count). The van der Waals surface area contributed by atoms with E-state index in [1.165, 1.54) is 24.3 Å². The van der Waals surface area contributed by atoms with Gasteiger partial charge in [-0.1, -0.05) is 5.16 Å². The number of H-pyrrole nitrogens is 1. The molecule has 28 heavy (non-hydrogen) atoms. The van der Waals surface area contributed by atoms with E-state index < -0.39 is 12.1 Å². The number of carbonyl (C=O) groups excluding carboxylic acids is 1. The first-order chi connectivity index (χ1) is 12.9. The number of carbonyl (C=O) groups is 1. The molecular formula is C16H14ClF3N6O2. The van der Waals surface area contributed by atoms with Crippen molar-refractivity contribution in [2.45, 2.75) is 19.1 Å². The Morgan fingerprint density at radius 2 is 1.96 bits per heavy atom. The maximum absolute atomic E-state index is 12.5. The molecule has 1 aliphatic heterocycles. The van der Waals surface area contributed by atoms with Gasteiger partial charge < -0.3 is 15.2 Å². The van der Waals surface area contributed by atoms with Gasteiger partial charge in [-0.3, -0.25) is 9.89 Å². The van der Waals surface area contributed by atoms with Gasteiger partial charge in [0.15, 0.2) is 5.69 Å². The second kappa shape index (κ2) is 7.60. The first-order valence-corrected chi connectivity index (χ1v) is 8.01. The summed E-state index contributed by atoms with van der Waals surface area (Å²) in [5, 5.41) is 16.1. The van der Waals surface area contributed by atoms with Crippen LogP contribution in [0.25, 0.3) is 11.4 Å². The molecule has 0 aliphatic carbocycles. The predicted octanol–water partition coefficient (Wildman–Crippen LogP) is 2.80. The van der Waals surface area contributed by atoms with Crippen LogP contribution in [0.15, 0.2) is 28.8 Å². The van der Waals surface area contributed by atoms with Crippen LogP contribution in [-0.4, -0.2) is 32.8 Å². The number of fused-ring (bicyclic) bond motifs is 1. The normalized spacial score (nSPS) is 13.5. The highest BCUT2D eigenvalue weighted by Gasteiger charge is 2.38. The first kappa shape index (κ1) is 19.8. The summed E-state index contributed by atoms with van der Waals surface area (Å²) in [7, 11) is 0. The van der Waals surface area contributed by atoms with E-state index in [0.717, 1.165) is 24.2 Å². The average molecular weight is 415 g/mol. The zero-order chi connectivity index (χ0) is 19.0. The summed E-state index contributed by atoms with van der Waals surface area (Å²) in [6.45, 7) is 1.39. The number of amides is 1. The maximum atomic E-state index is 12.5. The summed E-state index contributed by atoms with van der Waals surface area (Å²) >= 11 is 0. The zero-order valence-corrected chi connectivity index (χ0v) is 14.9. The van der Waals surface area contributed by atoms with E-state index in [-0.39, 0.29) is 24.1 Å². The Bertz CT molecular complexity index is 983. The Morgan fingerprint density at radius 1 is 1.21 bits per heavy atom. The number of anilines is 1. The molecule has 1 aliphatic rings. The van der Waals surface area contributed by atoms with Crippen molar-refractivity contribution in [1.29, 1.82) is 0 Å². The maximum Gasteiger partial charge on any atom is 0.471 e. The van der Waals surface area contributed by atoms with Crippen LogP contribution in [0.4, 0.5) is 18.9 Å². The van der Waals surface area contributed by atoms with Crippen molar-refractivity contribution in [3.8, 4) is 11.4 Å². The Kier molecular flexibility index (Phi) is 5.38. The second-order valence-corrected chi connectivity index (χ2v) is 5.91. The van der Waals surface area contributed by atoms with Crippen LogP contribution in [-0.2, 0) is 19.1 Å². The van der Waals surface area contributed by atoms with E-state index in [9.17, 15) is 18.0 Å². The van der Waals surface area contributed by atoms with Crippen molar-refractivity contribution in [2.24, 2.45) is 0 Å². The van der Waals surface area contributed by atoms with Gasteiger partial charge in [-0.2, -0.15) is 23.3 Å². The van der Waals surface area contributed by atoms with Crippen molar-refractivity contribution in [1.82, 2.24) is 25.7 Å². The summed E-state index contributed by atoms with van der Waals surface area (Å²) in [4.78, 5) is 15.7. The van der Waals surface area contributed by atoms with E-state index in [4.69, 9.17) is 0 Å². The van der Waals surface area contributed by atoms with Crippen LogP contribution in [0.5, 0.6) is 0 Å². The molecule has 3 heterocycles. The summed E-state index contributed by atoms with van der Waals surface area (Å²) in [5.74, 6) is -1.97. The fourth-order valence-electron chi connectivity index (χ4n) is 2.76. The summed E-state index contributed by atoms with van der Waals surface area (Å²) in [6.07, 6.45) is -3.92. The molecule has 0 fully saturated rings. The molecule has 12 heteroatoms. The number of aromatic nitrogens is 4. The fraction of sp³-hybridized carbons (Fsp3) is 0.250. The number of rotatable bonds is 3. The van der Waals surface area contributed by atoms with Crippen LogP contribution in [0.2, 0.25) is 0 Å². The third-order valence-corrected chi connectivity index (χ3v) is 4.09. The van der Waals surface area contributed by atoms with Crippen LogP contribution in [0.3, 0.4) is 0 Å². The number of halogens is 4. The highest BCUT2D eigenvalue weighted by atomic mass is 35.5. The number of benzene rings is 1. The summed E-state index contributed by atoms with van der Waals surface area (Å²) in [5.41, 5.74) is 2.88. The van der Waals surface area contributed by atoms with Gasteiger partial charge in [-0.05, 0) is 24.3 Å². The largest absolute Gasteiger partial charge is 0.471 e. The molecule has 3 N–H and O–H groups in total. The van der Waals surface area contributed by atoms with Gasteiger partial charge in [0.05, 0.1) is 0 Å². The standard InChI is InChI=1S/C16H13F3N6O2.ClH/c17-16(18,19)15-22-13(25-27-15)8-1-3-9(4-2-8)21-14(26)12-10-7-20-6-5-11(10)23-24-12;/h1-4,20H,5-7H2,(H,21,26)(H,23,24);1H. The number of alkyl halides is 3. The van der Waals surface area contributed by atoms with Crippen molar-refractivity contribution in [2.75, 3.05) is 11.9 Å². The molecule has 3 aromatic rings. The average Bonchev–Trinajstić information content (AvgIpc) is 3.29. The highest BCUT2D eigenvalue weighted by Crippen LogP contribution is 2.29. The van der Waals surface area contributed by atoms with Crippen molar-refractivity contribution >= 4 is 24.0 Å². The summed E-state index contributed by atoms with van der Waals surface area (Å²) < 4.78 is 41.8. The van der Waals surface area contributed by atoms with Crippen LogP contribution in [0.1, 0.15) is 27.6 Å². The van der Waals surface area contributed by atoms with Crippen LogP contribution >= 0.6 is 12.4 Å². The number of hydrogen-bond donors (Lipinski definition) is 3. The van der Waals surface area contributed by atoms with Crippen LogP contribution < -0.4 is 10.6 Å². The highest BCUT2D eigenvalue weighted by molar-refractivity contribution is 6.04. The fourth-order valence-corrected chi connectivity index (χ4v) is 2.76. The van der Waals surface area contributed by atoms with E-state index in [2.05, 4.69) is 35.5 Å². The predicted molar refractivity (Wildman–Crippen MR) is 93.9 cm³/mol. The van der Waals surface area contributed by atoms with E-state index in [0.29, 0.717) is 23.5 Å². The summed E-state index contributed by atoms with van der Waals surface area (Å²) in [6, 6.07) is 6.05. The minimum atomic E-state index is -4.70. The lowest BCUT2D eigenvalue weighted by Gasteiger charge is -2.12. The zero-order valence-electron chi connectivity index (χ0n) is 14.1. The van der Waals surface area contributed by atoms with Gasteiger partial charge >= 0.3 is 12.1 Å². The second-order valence-electron chi connectivity index (χ2n) is 5.91. The van der Waals surface area contributed by atoms with Gasteiger partial charge in [0, 0.05) is 42.0 Å². The molecule has 8 nitrogen and oxygen atoms in total. The minimum absolute atomic E-state index is 0. The number of aromatic amines is 1. The Morgan fingerprint density at radius 3 is 2.64 bits per heavy atom. The Labute approximate surface area is 162 Å². The van der Waals surface area contributed by atoms with Gasteiger partial charge in [0.25, 0.3) is 5.91 Å². The van der Waals surface area contributed by atoms with Gasteiger partial charge in [0.2, 0.25) is 5.82 Å².